The number of thiazole rings is 1. The third kappa shape index (κ3) is 4.82. The SMILES string of the molecule is O=C(Cc1cccc(OC(F)F)c1)N1CCN(Cc2cc(=O)n3ccsc3n2)CC1. The highest BCUT2D eigenvalue weighted by atomic mass is 32.1. The van der Waals surface area contributed by atoms with E-state index in [9.17, 15) is 18.4 Å². The van der Waals surface area contributed by atoms with Crippen molar-refractivity contribution in [3.63, 3.8) is 0 Å². The summed E-state index contributed by atoms with van der Waals surface area (Å²) in [5.41, 5.74) is 1.26. The molecule has 1 aliphatic rings. The van der Waals surface area contributed by atoms with E-state index in [4.69, 9.17) is 0 Å². The van der Waals surface area contributed by atoms with E-state index in [0.717, 1.165) is 5.69 Å². The zero-order valence-corrected chi connectivity index (χ0v) is 16.9. The van der Waals surface area contributed by atoms with E-state index in [2.05, 4.69) is 14.6 Å². The first-order valence-corrected chi connectivity index (χ1v) is 10.4. The van der Waals surface area contributed by atoms with Crippen LogP contribution in [0.4, 0.5) is 8.78 Å². The predicted molar refractivity (Wildman–Crippen MR) is 108 cm³/mol. The van der Waals surface area contributed by atoms with Gasteiger partial charge in [0.1, 0.15) is 5.75 Å². The van der Waals surface area contributed by atoms with Crippen LogP contribution in [-0.4, -0.2) is 57.9 Å². The molecule has 0 atom stereocenters. The molecule has 4 rings (SSSR count). The normalized spacial score (nSPS) is 15.1. The molecule has 1 aromatic carbocycles. The molecule has 1 fully saturated rings. The number of piperazine rings is 1. The molecule has 1 aliphatic heterocycles. The molecule has 0 N–H and O–H groups in total. The summed E-state index contributed by atoms with van der Waals surface area (Å²) in [5.74, 6) is -0.00791. The summed E-state index contributed by atoms with van der Waals surface area (Å²) in [7, 11) is 0. The lowest BCUT2D eigenvalue weighted by Gasteiger charge is -2.34. The number of hydrogen-bond donors (Lipinski definition) is 0. The first-order valence-electron chi connectivity index (χ1n) is 9.47. The zero-order chi connectivity index (χ0) is 21.1. The minimum atomic E-state index is -2.89. The van der Waals surface area contributed by atoms with Crippen LogP contribution in [0.15, 0.2) is 46.7 Å². The molecule has 30 heavy (non-hydrogen) atoms. The molecule has 158 valence electrons. The monoisotopic (exact) mass is 434 g/mol. The topological polar surface area (TPSA) is 67.2 Å². The van der Waals surface area contributed by atoms with Crippen LogP contribution in [0.2, 0.25) is 0 Å². The van der Waals surface area contributed by atoms with Gasteiger partial charge in [-0.3, -0.25) is 18.9 Å². The van der Waals surface area contributed by atoms with Gasteiger partial charge in [-0.1, -0.05) is 12.1 Å². The largest absolute Gasteiger partial charge is 0.435 e. The molecule has 0 saturated carbocycles. The van der Waals surface area contributed by atoms with Crippen molar-refractivity contribution in [1.29, 1.82) is 0 Å². The molecule has 1 amide bonds. The van der Waals surface area contributed by atoms with Crippen LogP contribution < -0.4 is 10.3 Å². The average Bonchev–Trinajstić information content (AvgIpc) is 3.17. The van der Waals surface area contributed by atoms with Crippen molar-refractivity contribution < 1.29 is 18.3 Å². The van der Waals surface area contributed by atoms with Crippen LogP contribution in [0.3, 0.4) is 0 Å². The van der Waals surface area contributed by atoms with Gasteiger partial charge < -0.3 is 9.64 Å². The number of halogens is 2. The van der Waals surface area contributed by atoms with Crippen LogP contribution in [0.25, 0.3) is 4.96 Å². The molecule has 10 heteroatoms. The van der Waals surface area contributed by atoms with Crippen LogP contribution in [0, 0.1) is 0 Å². The molecule has 3 heterocycles. The summed E-state index contributed by atoms with van der Waals surface area (Å²) in [6, 6.07) is 7.76. The third-order valence-electron chi connectivity index (χ3n) is 4.95. The van der Waals surface area contributed by atoms with Crippen molar-refractivity contribution in [2.45, 2.75) is 19.6 Å². The maximum Gasteiger partial charge on any atom is 0.387 e. The summed E-state index contributed by atoms with van der Waals surface area (Å²) < 4.78 is 30.6. The van der Waals surface area contributed by atoms with Crippen LogP contribution >= 0.6 is 11.3 Å². The second kappa shape index (κ2) is 8.88. The van der Waals surface area contributed by atoms with Gasteiger partial charge in [0.05, 0.1) is 12.1 Å². The maximum absolute atomic E-state index is 12.6. The molecule has 2 aromatic heterocycles. The van der Waals surface area contributed by atoms with Crippen LogP contribution in [0.1, 0.15) is 11.3 Å². The highest BCUT2D eigenvalue weighted by Gasteiger charge is 2.22. The standard InChI is InChI=1S/C20H20F2N4O3S/c21-19(22)29-16-3-1-2-14(10-16)11-17(27)25-6-4-24(5-7-25)13-15-12-18(28)26-8-9-30-20(26)23-15/h1-3,8-10,12,19H,4-7,11,13H2. The van der Waals surface area contributed by atoms with Crippen LogP contribution in [0.5, 0.6) is 5.75 Å². The van der Waals surface area contributed by atoms with E-state index >= 15 is 0 Å². The number of nitrogens with zero attached hydrogens (tertiary/aromatic N) is 4. The smallest absolute Gasteiger partial charge is 0.387 e. The van der Waals surface area contributed by atoms with Gasteiger partial charge >= 0.3 is 6.61 Å². The molecule has 3 aromatic rings. The highest BCUT2D eigenvalue weighted by Crippen LogP contribution is 2.17. The lowest BCUT2D eigenvalue weighted by atomic mass is 10.1. The Morgan fingerprint density at radius 1 is 1.20 bits per heavy atom. The summed E-state index contributed by atoms with van der Waals surface area (Å²) >= 11 is 1.42. The quantitative estimate of drug-likeness (QED) is 0.595. The Morgan fingerprint density at radius 3 is 2.77 bits per heavy atom. The van der Waals surface area contributed by atoms with Crippen molar-refractivity contribution in [3.8, 4) is 5.75 Å². The molecule has 0 bridgehead atoms. The van der Waals surface area contributed by atoms with E-state index in [0.29, 0.717) is 43.2 Å². The lowest BCUT2D eigenvalue weighted by molar-refractivity contribution is -0.132. The first kappa shape index (κ1) is 20.4. The maximum atomic E-state index is 12.6. The van der Waals surface area contributed by atoms with Gasteiger partial charge in [-0.25, -0.2) is 4.98 Å². The molecule has 0 unspecified atom stereocenters. The van der Waals surface area contributed by atoms with Gasteiger partial charge in [0.2, 0.25) is 5.91 Å². The lowest BCUT2D eigenvalue weighted by Crippen LogP contribution is -2.48. The fourth-order valence-electron chi connectivity index (χ4n) is 3.47. The number of carbonyl (C=O) groups excluding carboxylic acids is 1. The predicted octanol–water partition coefficient (Wildman–Crippen LogP) is 2.24. The zero-order valence-electron chi connectivity index (χ0n) is 16.0. The number of fused-ring (bicyclic) bond motifs is 1. The number of aromatic nitrogens is 2. The van der Waals surface area contributed by atoms with Crippen molar-refractivity contribution in [2.24, 2.45) is 0 Å². The molecule has 1 saturated heterocycles. The number of ether oxygens (including phenoxy) is 1. The average molecular weight is 434 g/mol. The summed E-state index contributed by atoms with van der Waals surface area (Å²) in [6.45, 7) is 0.129. The van der Waals surface area contributed by atoms with Gasteiger partial charge in [0.15, 0.2) is 4.96 Å². The number of alkyl halides is 2. The Balaban J connectivity index is 1.31. The van der Waals surface area contributed by atoms with Crippen molar-refractivity contribution in [1.82, 2.24) is 19.2 Å². The van der Waals surface area contributed by atoms with Gasteiger partial charge in [-0.15, -0.1) is 11.3 Å². The number of amides is 1. The minimum absolute atomic E-state index is 0.0474. The highest BCUT2D eigenvalue weighted by molar-refractivity contribution is 7.15. The van der Waals surface area contributed by atoms with Gasteiger partial charge in [-0.2, -0.15) is 8.78 Å². The van der Waals surface area contributed by atoms with Crippen molar-refractivity contribution in [2.75, 3.05) is 26.2 Å². The fraction of sp³-hybridized carbons (Fsp3) is 0.350. The number of hydrogen-bond acceptors (Lipinski definition) is 6. The number of rotatable bonds is 6. The Kier molecular flexibility index (Phi) is 6.05. The summed E-state index contributed by atoms with van der Waals surface area (Å²) in [4.78, 5) is 33.8. The minimum Gasteiger partial charge on any atom is -0.435 e. The Bertz CT molecular complexity index is 1090. The molecular formula is C20H20F2N4O3S. The van der Waals surface area contributed by atoms with Gasteiger partial charge in [0.25, 0.3) is 5.56 Å². The summed E-state index contributed by atoms with van der Waals surface area (Å²) in [6.07, 6.45) is 1.84. The second-order valence-electron chi connectivity index (χ2n) is 7.00. The second-order valence-corrected chi connectivity index (χ2v) is 7.87. The van der Waals surface area contributed by atoms with Gasteiger partial charge in [-0.05, 0) is 17.7 Å². The summed E-state index contributed by atoms with van der Waals surface area (Å²) in [5, 5.41) is 1.83. The number of carbonyl (C=O) groups is 1. The van der Waals surface area contributed by atoms with Gasteiger partial charge in [0, 0.05) is 50.4 Å². The Labute approximate surface area is 175 Å². The van der Waals surface area contributed by atoms with E-state index < -0.39 is 6.61 Å². The molecule has 0 spiro atoms. The Hall–Kier alpha value is -2.85. The Morgan fingerprint density at radius 2 is 2.00 bits per heavy atom. The van der Waals surface area contributed by atoms with Crippen molar-refractivity contribution >= 4 is 22.2 Å². The third-order valence-corrected chi connectivity index (χ3v) is 5.70. The van der Waals surface area contributed by atoms with E-state index in [-0.39, 0.29) is 23.6 Å². The van der Waals surface area contributed by atoms with Crippen LogP contribution in [-0.2, 0) is 17.8 Å². The van der Waals surface area contributed by atoms with E-state index in [1.165, 1.54) is 27.9 Å². The molecular weight excluding hydrogens is 414 g/mol. The number of benzene rings is 1. The first-order chi connectivity index (χ1) is 14.5. The molecule has 7 nitrogen and oxygen atoms in total. The van der Waals surface area contributed by atoms with E-state index in [1.807, 2.05) is 5.38 Å². The molecule has 0 aliphatic carbocycles. The van der Waals surface area contributed by atoms with E-state index in [1.54, 1.807) is 29.3 Å². The molecule has 0 radical (unpaired) electrons. The van der Waals surface area contributed by atoms with Crippen molar-refractivity contribution in [3.05, 3.63) is 63.5 Å². The fourth-order valence-corrected chi connectivity index (χ4v) is 4.21.